The summed E-state index contributed by atoms with van der Waals surface area (Å²) in [6.07, 6.45) is 3.23. The van der Waals surface area contributed by atoms with Crippen LogP contribution in [-0.4, -0.2) is 86.4 Å². The predicted octanol–water partition coefficient (Wildman–Crippen LogP) is 3.83. The topological polar surface area (TPSA) is 53.1 Å². The second-order valence-electron chi connectivity index (χ2n) is 8.73. The standard InChI is InChI=1S/C26H34ClN3O3/c1-28(2)20-25(31)30-17-15-29(16-18-30)14-4-3-5-19-33-24-12-8-22(9-13-24)26(32)21-6-10-23(27)11-7-21/h6-13H,3-5,14-20H2,1-2H3. The van der Waals surface area contributed by atoms with Crippen LogP contribution in [0.25, 0.3) is 0 Å². The van der Waals surface area contributed by atoms with Gasteiger partial charge in [0.2, 0.25) is 5.91 Å². The molecule has 0 aliphatic carbocycles. The van der Waals surface area contributed by atoms with E-state index in [4.69, 9.17) is 16.3 Å². The number of likely N-dealkylation sites (N-methyl/N-ethyl adjacent to an activating group) is 1. The molecule has 2 aromatic carbocycles. The second-order valence-corrected chi connectivity index (χ2v) is 9.17. The highest BCUT2D eigenvalue weighted by Gasteiger charge is 2.20. The van der Waals surface area contributed by atoms with Crippen LogP contribution >= 0.6 is 11.6 Å². The first-order chi connectivity index (χ1) is 15.9. The molecule has 0 unspecified atom stereocenters. The lowest BCUT2D eigenvalue weighted by Crippen LogP contribution is -2.50. The lowest BCUT2D eigenvalue weighted by molar-refractivity contribution is -0.133. The fourth-order valence-electron chi connectivity index (χ4n) is 3.87. The molecule has 7 heteroatoms. The zero-order valence-corrected chi connectivity index (χ0v) is 20.4. The molecule has 33 heavy (non-hydrogen) atoms. The number of halogens is 1. The van der Waals surface area contributed by atoms with Gasteiger partial charge in [-0.05, 0) is 88.4 Å². The molecule has 0 bridgehead atoms. The molecule has 6 nitrogen and oxygen atoms in total. The number of nitrogens with zero attached hydrogens (tertiary/aromatic N) is 3. The van der Waals surface area contributed by atoms with E-state index in [-0.39, 0.29) is 11.7 Å². The third kappa shape index (κ3) is 8.14. The number of unbranched alkanes of at least 4 members (excludes halogenated alkanes) is 2. The summed E-state index contributed by atoms with van der Waals surface area (Å²) in [5.74, 6) is 0.974. The zero-order valence-electron chi connectivity index (χ0n) is 19.6. The van der Waals surface area contributed by atoms with Crippen molar-refractivity contribution in [1.29, 1.82) is 0 Å². The van der Waals surface area contributed by atoms with Crippen LogP contribution in [0.1, 0.15) is 35.2 Å². The van der Waals surface area contributed by atoms with Crippen molar-refractivity contribution in [3.63, 3.8) is 0 Å². The second kappa shape index (κ2) is 12.7. The van der Waals surface area contributed by atoms with Gasteiger partial charge in [-0.15, -0.1) is 0 Å². The van der Waals surface area contributed by atoms with E-state index in [0.29, 0.717) is 29.3 Å². The number of ketones is 1. The predicted molar refractivity (Wildman–Crippen MR) is 132 cm³/mol. The SMILES string of the molecule is CN(C)CC(=O)N1CCN(CCCCCOc2ccc(C(=O)c3ccc(Cl)cc3)cc2)CC1. The molecule has 1 heterocycles. The number of amides is 1. The van der Waals surface area contributed by atoms with Crippen LogP contribution in [0, 0.1) is 0 Å². The van der Waals surface area contributed by atoms with Crippen molar-refractivity contribution in [2.45, 2.75) is 19.3 Å². The van der Waals surface area contributed by atoms with Gasteiger partial charge in [0.1, 0.15) is 5.75 Å². The first-order valence-corrected chi connectivity index (χ1v) is 12.0. The summed E-state index contributed by atoms with van der Waals surface area (Å²) in [5, 5.41) is 0.616. The summed E-state index contributed by atoms with van der Waals surface area (Å²) >= 11 is 5.89. The minimum Gasteiger partial charge on any atom is -0.494 e. The first-order valence-electron chi connectivity index (χ1n) is 11.6. The Kier molecular flexibility index (Phi) is 9.73. The molecule has 1 fully saturated rings. The highest BCUT2D eigenvalue weighted by Crippen LogP contribution is 2.17. The molecule has 1 amide bonds. The summed E-state index contributed by atoms with van der Waals surface area (Å²) in [6.45, 7) is 5.78. The maximum Gasteiger partial charge on any atom is 0.236 e. The third-order valence-corrected chi connectivity index (χ3v) is 6.04. The van der Waals surface area contributed by atoms with Crippen molar-refractivity contribution in [2.75, 3.05) is 60.0 Å². The maximum absolute atomic E-state index is 12.5. The smallest absolute Gasteiger partial charge is 0.236 e. The van der Waals surface area contributed by atoms with Gasteiger partial charge in [0, 0.05) is 42.3 Å². The van der Waals surface area contributed by atoms with E-state index < -0.39 is 0 Å². The highest BCUT2D eigenvalue weighted by molar-refractivity contribution is 6.30. The van der Waals surface area contributed by atoms with Crippen molar-refractivity contribution in [3.05, 3.63) is 64.7 Å². The van der Waals surface area contributed by atoms with E-state index >= 15 is 0 Å². The van der Waals surface area contributed by atoms with Gasteiger partial charge < -0.3 is 14.5 Å². The van der Waals surface area contributed by atoms with Gasteiger partial charge in [0.05, 0.1) is 13.2 Å². The average Bonchev–Trinajstić information content (AvgIpc) is 2.81. The zero-order chi connectivity index (χ0) is 23.6. The highest BCUT2D eigenvalue weighted by atomic mass is 35.5. The molecule has 0 saturated carbocycles. The number of ether oxygens (including phenoxy) is 1. The molecule has 0 radical (unpaired) electrons. The number of piperazine rings is 1. The van der Waals surface area contributed by atoms with Crippen molar-refractivity contribution in [2.24, 2.45) is 0 Å². The van der Waals surface area contributed by atoms with Crippen LogP contribution < -0.4 is 4.74 Å². The molecular weight excluding hydrogens is 438 g/mol. The molecule has 1 saturated heterocycles. The van der Waals surface area contributed by atoms with Gasteiger partial charge >= 0.3 is 0 Å². The Morgan fingerprint density at radius 3 is 2.09 bits per heavy atom. The van der Waals surface area contributed by atoms with Crippen LogP contribution in [0.4, 0.5) is 0 Å². The Morgan fingerprint density at radius 1 is 0.879 bits per heavy atom. The van der Waals surface area contributed by atoms with Crippen molar-refractivity contribution < 1.29 is 14.3 Å². The molecule has 3 rings (SSSR count). The number of rotatable bonds is 11. The molecule has 178 valence electrons. The Labute approximate surface area is 202 Å². The minimum absolute atomic E-state index is 0.0267. The Hall–Kier alpha value is -2.41. The summed E-state index contributed by atoms with van der Waals surface area (Å²) in [7, 11) is 3.85. The Balaban J connectivity index is 1.28. The van der Waals surface area contributed by atoms with Gasteiger partial charge in [0.15, 0.2) is 5.78 Å². The number of hydrogen-bond donors (Lipinski definition) is 0. The summed E-state index contributed by atoms with van der Waals surface area (Å²) in [5.41, 5.74) is 1.25. The number of hydrogen-bond acceptors (Lipinski definition) is 5. The summed E-state index contributed by atoms with van der Waals surface area (Å²) < 4.78 is 5.84. The molecule has 0 spiro atoms. The summed E-state index contributed by atoms with van der Waals surface area (Å²) in [6, 6.07) is 14.2. The van der Waals surface area contributed by atoms with E-state index in [0.717, 1.165) is 57.7 Å². The molecule has 1 aliphatic heterocycles. The van der Waals surface area contributed by atoms with E-state index in [9.17, 15) is 9.59 Å². The van der Waals surface area contributed by atoms with Crippen LogP contribution in [0.3, 0.4) is 0 Å². The number of carbonyl (C=O) groups is 2. The fraction of sp³-hybridized carbons (Fsp3) is 0.462. The average molecular weight is 472 g/mol. The van der Waals surface area contributed by atoms with Crippen molar-refractivity contribution >= 4 is 23.3 Å². The van der Waals surface area contributed by atoms with Crippen molar-refractivity contribution in [3.8, 4) is 5.75 Å². The monoisotopic (exact) mass is 471 g/mol. The molecule has 0 atom stereocenters. The van der Waals surface area contributed by atoms with Crippen LogP contribution in [0.15, 0.2) is 48.5 Å². The largest absolute Gasteiger partial charge is 0.494 e. The molecule has 0 aromatic heterocycles. The van der Waals surface area contributed by atoms with Crippen LogP contribution in [0.2, 0.25) is 5.02 Å². The Bertz CT molecular complexity index is 892. The van der Waals surface area contributed by atoms with Gasteiger partial charge in [-0.2, -0.15) is 0 Å². The van der Waals surface area contributed by atoms with Gasteiger partial charge in [0.25, 0.3) is 0 Å². The quantitative estimate of drug-likeness (QED) is 0.368. The normalized spacial score (nSPS) is 14.5. The summed E-state index contributed by atoms with van der Waals surface area (Å²) in [4.78, 5) is 31.0. The van der Waals surface area contributed by atoms with E-state index in [2.05, 4.69) is 4.90 Å². The van der Waals surface area contributed by atoms with E-state index in [1.807, 2.05) is 36.0 Å². The number of carbonyl (C=O) groups excluding carboxylic acids is 2. The van der Waals surface area contributed by atoms with Crippen molar-refractivity contribution in [1.82, 2.24) is 14.7 Å². The van der Waals surface area contributed by atoms with Crippen LogP contribution in [-0.2, 0) is 4.79 Å². The van der Waals surface area contributed by atoms with E-state index in [1.165, 1.54) is 0 Å². The van der Waals surface area contributed by atoms with Gasteiger partial charge in [-0.1, -0.05) is 11.6 Å². The molecule has 2 aromatic rings. The van der Waals surface area contributed by atoms with Gasteiger partial charge in [-0.25, -0.2) is 0 Å². The first kappa shape index (κ1) is 25.2. The molecular formula is C26H34ClN3O3. The van der Waals surface area contributed by atoms with Crippen LogP contribution in [0.5, 0.6) is 5.75 Å². The molecule has 0 N–H and O–H groups in total. The maximum atomic E-state index is 12.5. The molecule has 1 aliphatic rings. The third-order valence-electron chi connectivity index (χ3n) is 5.79. The van der Waals surface area contributed by atoms with E-state index in [1.54, 1.807) is 36.4 Å². The number of benzene rings is 2. The fourth-order valence-corrected chi connectivity index (χ4v) is 3.99. The lowest BCUT2D eigenvalue weighted by atomic mass is 10.0. The minimum atomic E-state index is -0.0267. The van der Waals surface area contributed by atoms with Gasteiger partial charge in [-0.3, -0.25) is 14.5 Å². The lowest BCUT2D eigenvalue weighted by Gasteiger charge is -2.35. The Morgan fingerprint density at radius 2 is 1.48 bits per heavy atom.